The van der Waals surface area contributed by atoms with Crippen molar-refractivity contribution in [2.24, 2.45) is 0 Å². The summed E-state index contributed by atoms with van der Waals surface area (Å²) in [5, 5.41) is 0. The third kappa shape index (κ3) is 8.54. The fourth-order valence-corrected chi connectivity index (χ4v) is 79.8. The first kappa shape index (κ1) is 49.5. The van der Waals surface area contributed by atoms with E-state index in [9.17, 15) is 0 Å². The molecule has 13 fully saturated rings. The van der Waals surface area contributed by atoms with Crippen molar-refractivity contribution in [3.63, 3.8) is 0 Å². The lowest BCUT2D eigenvalue weighted by Crippen LogP contribution is -2.91. The summed E-state index contributed by atoms with van der Waals surface area (Å²) in [6, 6.07) is 0. The quantitative estimate of drug-likeness (QED) is 0.162. The molecule has 67 heavy (non-hydrogen) atoms. The lowest BCUT2D eigenvalue weighted by atomic mass is 10.4. The maximum atomic E-state index is 8.52. The van der Waals surface area contributed by atoms with Gasteiger partial charge in [-0.05, 0) is 122 Å². The van der Waals surface area contributed by atoms with Crippen LogP contribution in [0.25, 0.3) is 0 Å². The summed E-state index contributed by atoms with van der Waals surface area (Å²) < 4.78 is 117. The summed E-state index contributed by atoms with van der Waals surface area (Å²) in [7, 11) is -38.4. The van der Waals surface area contributed by atoms with E-state index in [-0.39, 0.29) is 38.8 Å². The van der Waals surface area contributed by atoms with Gasteiger partial charge in [-0.3, -0.25) is 0 Å². The second-order valence-electron chi connectivity index (χ2n) is 24.3. The Morgan fingerprint density at radius 1 is 0.358 bits per heavy atom. The summed E-state index contributed by atoms with van der Waals surface area (Å²) in [5.41, 5.74) is 0.367. The second-order valence-corrected chi connectivity index (χ2v) is 57.9. The van der Waals surface area contributed by atoms with Gasteiger partial charge in [0.15, 0.2) is 8.32 Å². The standard InChI is InChI=1S/C43H84O14Si10/c1-7-36(2)58(3,4)44-59(5,6)45-67-55-64(41-30-16-17-31-41)49-61(38-24-10-11-25-38)46-60(37-22-8-9-23-37)47-62(51-64,39-26-12-13-27-39)53-66(57-67,43-34-20-21-35-43)54-63(48-60,40-28-14-15-29-40)52-65(50-61,56-67)42-32-18-19-33-42/h36-43H,7-35H2,1-6H3. The maximum Gasteiger partial charge on any atom is 0.648 e. The predicted molar refractivity (Wildman–Crippen MR) is 271 cm³/mol. The Hall–Kier alpha value is 1.61. The summed E-state index contributed by atoms with van der Waals surface area (Å²) in [5.74, 6) is 0. The smallest absolute Gasteiger partial charge is 0.436 e. The maximum absolute atomic E-state index is 8.52. The molecule has 1 unspecified atom stereocenters. The van der Waals surface area contributed by atoms with Crippen LogP contribution in [0.2, 0.25) is 70.5 Å². The Kier molecular flexibility index (Phi) is 13.4. The van der Waals surface area contributed by atoms with E-state index in [0.717, 1.165) is 186 Å². The van der Waals surface area contributed by atoms with Gasteiger partial charge in [0, 0.05) is 38.8 Å². The Balaban J connectivity index is 1.17. The first-order chi connectivity index (χ1) is 32.1. The van der Waals surface area contributed by atoms with Crippen molar-refractivity contribution in [3.8, 4) is 0 Å². The molecule has 0 radical (unpaired) electrons. The molecule has 0 aromatic heterocycles. The Bertz CT molecular complexity index is 1620. The van der Waals surface area contributed by atoms with Crippen LogP contribution >= 0.6 is 0 Å². The minimum Gasteiger partial charge on any atom is -0.436 e. The highest BCUT2D eigenvalue weighted by atomic mass is 28.6. The van der Waals surface area contributed by atoms with E-state index in [4.69, 9.17) is 57.6 Å². The minimum absolute atomic E-state index is 0.0161. The highest BCUT2D eigenvalue weighted by molar-refractivity contribution is 7.05. The molecule has 0 aromatic carbocycles. The number of hydrogen-bond donors (Lipinski definition) is 0. The van der Waals surface area contributed by atoms with E-state index in [2.05, 4.69) is 40.0 Å². The molecule has 0 spiro atoms. The van der Waals surface area contributed by atoms with Gasteiger partial charge in [0.1, 0.15) is 0 Å². The molecule has 0 aromatic rings. The fourth-order valence-electron chi connectivity index (χ4n) is 15.1. The van der Waals surface area contributed by atoms with Gasteiger partial charge in [0.25, 0.3) is 0 Å². The summed E-state index contributed by atoms with van der Waals surface area (Å²) >= 11 is 0. The average molecular weight is 1110 g/mol. The summed E-state index contributed by atoms with van der Waals surface area (Å²) in [6.07, 6.45) is 29.3. The van der Waals surface area contributed by atoms with Gasteiger partial charge in [-0.25, -0.2) is 0 Å². The van der Waals surface area contributed by atoms with Gasteiger partial charge in [-0.15, -0.1) is 0 Å². The third-order valence-electron chi connectivity index (χ3n) is 19.0. The Labute approximate surface area is 413 Å². The van der Waals surface area contributed by atoms with Crippen LogP contribution in [-0.2, 0) is 57.6 Å². The fraction of sp³-hybridized carbons (Fsp3) is 1.00. The molecule has 13 rings (SSSR count). The largest absolute Gasteiger partial charge is 0.648 e. The van der Waals surface area contributed by atoms with E-state index in [1.807, 2.05) is 0 Å². The molecular weight excluding hydrogens is 1020 g/mol. The lowest BCUT2D eigenvalue weighted by Gasteiger charge is -2.66. The number of hydrogen-bond acceptors (Lipinski definition) is 14. The monoisotopic (exact) mass is 1100 g/mol. The lowest BCUT2D eigenvalue weighted by molar-refractivity contribution is -0.0621. The number of rotatable bonds is 13. The van der Waals surface area contributed by atoms with Crippen molar-refractivity contribution in [1.82, 2.24) is 0 Å². The summed E-state index contributed by atoms with van der Waals surface area (Å²) in [6.45, 7) is 13.6. The molecule has 6 saturated heterocycles. The van der Waals surface area contributed by atoms with Crippen molar-refractivity contribution in [2.75, 3.05) is 0 Å². The molecule has 6 aliphatic heterocycles. The normalized spacial score (nSPS) is 45.9. The van der Waals surface area contributed by atoms with Crippen molar-refractivity contribution in [1.29, 1.82) is 0 Å². The van der Waals surface area contributed by atoms with E-state index in [1.165, 1.54) is 0 Å². The zero-order chi connectivity index (χ0) is 46.0. The third-order valence-corrected chi connectivity index (χ3v) is 66.8. The molecule has 6 heterocycles. The first-order valence-electron chi connectivity index (χ1n) is 27.9. The van der Waals surface area contributed by atoms with Crippen LogP contribution in [-0.4, -0.2) is 87.6 Å². The zero-order valence-electron chi connectivity index (χ0n) is 41.8. The van der Waals surface area contributed by atoms with Crippen LogP contribution in [0.15, 0.2) is 0 Å². The van der Waals surface area contributed by atoms with Crippen LogP contribution < -0.4 is 0 Å². The topological polar surface area (TPSA) is 129 Å². The molecular formula is C43H84O14Si10. The molecule has 7 saturated carbocycles. The van der Waals surface area contributed by atoms with Gasteiger partial charge >= 0.3 is 79.2 Å². The molecule has 0 amide bonds. The van der Waals surface area contributed by atoms with Crippen molar-refractivity contribution < 1.29 is 57.6 Å². The van der Waals surface area contributed by atoms with E-state index < -0.39 is 87.6 Å². The van der Waals surface area contributed by atoms with Crippen molar-refractivity contribution in [3.05, 3.63) is 0 Å². The van der Waals surface area contributed by atoms with Crippen LogP contribution in [0, 0.1) is 0 Å². The van der Waals surface area contributed by atoms with Gasteiger partial charge in [0.2, 0.25) is 0 Å². The SMILES string of the molecule is CCC(C)[Si](C)(C)O[Si](C)(C)O[Si]12O[Si]3(C4CCCC4)O[Si]4(C5CCCC5)O[Si](C5CCCC5)(O1)O[Si]1(C5CCCC5)O[Si](C5CCCC5)(O2)O[Si](C2CCCC2)(O3)O[Si](C2CCCC2)(O4)O1. The van der Waals surface area contributed by atoms with Crippen LogP contribution in [0.5, 0.6) is 0 Å². The van der Waals surface area contributed by atoms with Crippen LogP contribution in [0.1, 0.15) is 200 Å². The van der Waals surface area contributed by atoms with E-state index >= 15 is 0 Å². The molecule has 13 aliphatic rings. The molecule has 14 nitrogen and oxygen atoms in total. The molecule has 8 bridgehead atoms. The average Bonchev–Trinajstić information content (AvgIpc) is 4.09. The first-order valence-corrected chi connectivity index (χ1v) is 48.0. The van der Waals surface area contributed by atoms with Gasteiger partial charge in [-0.1, -0.05) is 110 Å². The van der Waals surface area contributed by atoms with Gasteiger partial charge in [-0.2, -0.15) is 0 Å². The van der Waals surface area contributed by atoms with Gasteiger partial charge < -0.3 is 57.6 Å². The molecule has 1 atom stereocenters. The molecule has 0 N–H and O–H groups in total. The van der Waals surface area contributed by atoms with E-state index in [1.54, 1.807) is 0 Å². The predicted octanol–water partition coefficient (Wildman–Crippen LogP) is 12.6. The minimum atomic E-state index is -4.61. The molecule has 7 aliphatic carbocycles. The highest BCUT2D eigenvalue weighted by Gasteiger charge is 2.89. The van der Waals surface area contributed by atoms with Crippen LogP contribution in [0.4, 0.5) is 0 Å². The van der Waals surface area contributed by atoms with Crippen molar-refractivity contribution >= 4 is 87.6 Å². The summed E-state index contributed by atoms with van der Waals surface area (Å²) in [4.78, 5) is 0. The molecule has 24 heteroatoms. The van der Waals surface area contributed by atoms with E-state index in [0.29, 0.717) is 5.54 Å². The molecule has 380 valence electrons. The zero-order valence-corrected chi connectivity index (χ0v) is 51.8. The Morgan fingerprint density at radius 3 is 0.746 bits per heavy atom. The second kappa shape index (κ2) is 18.1. The van der Waals surface area contributed by atoms with Crippen LogP contribution in [0.3, 0.4) is 0 Å². The highest BCUT2D eigenvalue weighted by Crippen LogP contribution is 2.66. The Morgan fingerprint density at radius 2 is 0.552 bits per heavy atom. The van der Waals surface area contributed by atoms with Crippen molar-refractivity contribution in [2.45, 2.75) is 271 Å². The van der Waals surface area contributed by atoms with Gasteiger partial charge in [0.05, 0.1) is 0 Å².